The molecule has 1 unspecified atom stereocenters. The molecular weight excluding hydrogens is 354 g/mol. The number of rotatable bonds is 6. The number of morpholine rings is 1. The topological polar surface area (TPSA) is 54.0 Å². The normalized spacial score (nSPS) is 20.4. The molecule has 2 fully saturated rings. The van der Waals surface area contributed by atoms with Gasteiger partial charge in [-0.1, -0.05) is 12.1 Å². The molecular formula is C21H29N5O2. The molecule has 7 nitrogen and oxygen atoms in total. The summed E-state index contributed by atoms with van der Waals surface area (Å²) in [4.78, 5) is 16.3. The average molecular weight is 383 g/mol. The fourth-order valence-corrected chi connectivity index (χ4v) is 3.94. The lowest BCUT2D eigenvalue weighted by molar-refractivity contribution is 0.122. The van der Waals surface area contributed by atoms with Crippen molar-refractivity contribution < 1.29 is 9.47 Å². The van der Waals surface area contributed by atoms with E-state index in [1.807, 2.05) is 18.3 Å². The number of hydrogen-bond acceptors (Lipinski definition) is 7. The molecule has 4 rings (SSSR count). The lowest BCUT2D eigenvalue weighted by Gasteiger charge is -2.29. The minimum atomic E-state index is 0.457. The predicted octanol–water partition coefficient (Wildman–Crippen LogP) is 2.03. The Labute approximate surface area is 166 Å². The van der Waals surface area contributed by atoms with E-state index in [9.17, 15) is 0 Å². The predicted molar refractivity (Wildman–Crippen MR) is 110 cm³/mol. The lowest BCUT2D eigenvalue weighted by atomic mass is 10.2. The minimum absolute atomic E-state index is 0.457. The van der Waals surface area contributed by atoms with E-state index in [-0.39, 0.29) is 0 Å². The molecule has 0 radical (unpaired) electrons. The molecule has 28 heavy (non-hydrogen) atoms. The Hall–Kier alpha value is -2.38. The molecule has 2 aromatic rings. The Morgan fingerprint density at radius 2 is 2.07 bits per heavy atom. The van der Waals surface area contributed by atoms with Crippen molar-refractivity contribution in [2.24, 2.45) is 0 Å². The fourth-order valence-electron chi connectivity index (χ4n) is 3.94. The van der Waals surface area contributed by atoms with Crippen LogP contribution in [-0.4, -0.2) is 74.5 Å². The summed E-state index contributed by atoms with van der Waals surface area (Å²) < 4.78 is 10.8. The van der Waals surface area contributed by atoms with E-state index in [0.717, 1.165) is 69.9 Å². The highest BCUT2D eigenvalue weighted by Gasteiger charge is 2.27. The van der Waals surface area contributed by atoms with Gasteiger partial charge in [-0.3, -0.25) is 4.90 Å². The molecule has 3 heterocycles. The van der Waals surface area contributed by atoms with Crippen molar-refractivity contribution in [2.45, 2.75) is 19.0 Å². The van der Waals surface area contributed by atoms with E-state index in [2.05, 4.69) is 44.9 Å². The van der Waals surface area contributed by atoms with E-state index in [1.54, 1.807) is 7.11 Å². The number of hydrogen-bond donors (Lipinski definition) is 0. The summed E-state index contributed by atoms with van der Waals surface area (Å²) in [5, 5.41) is 0. The zero-order chi connectivity index (χ0) is 19.3. The SMILES string of the molecule is COc1cccc(CN2CCC(N(C)c3ccnc(N4CCOCC4)n3)C2)c1. The molecule has 150 valence electrons. The molecule has 0 aliphatic carbocycles. The van der Waals surface area contributed by atoms with Crippen LogP contribution in [0.2, 0.25) is 0 Å². The van der Waals surface area contributed by atoms with Crippen LogP contribution in [0, 0.1) is 0 Å². The van der Waals surface area contributed by atoms with Gasteiger partial charge < -0.3 is 19.3 Å². The third-order valence-corrected chi connectivity index (χ3v) is 5.62. The Kier molecular flexibility index (Phi) is 5.92. The highest BCUT2D eigenvalue weighted by Crippen LogP contribution is 2.23. The zero-order valence-corrected chi connectivity index (χ0v) is 16.8. The molecule has 1 aromatic heterocycles. The molecule has 0 bridgehead atoms. The van der Waals surface area contributed by atoms with Crippen molar-refractivity contribution in [1.29, 1.82) is 0 Å². The van der Waals surface area contributed by atoms with Crippen molar-refractivity contribution in [3.8, 4) is 5.75 Å². The third kappa shape index (κ3) is 4.36. The second-order valence-electron chi connectivity index (χ2n) is 7.45. The van der Waals surface area contributed by atoms with Crippen LogP contribution in [0.5, 0.6) is 5.75 Å². The molecule has 0 spiro atoms. The van der Waals surface area contributed by atoms with Crippen molar-refractivity contribution in [3.05, 3.63) is 42.1 Å². The first kappa shape index (κ1) is 19.0. The van der Waals surface area contributed by atoms with Gasteiger partial charge in [0.15, 0.2) is 0 Å². The molecule has 2 saturated heterocycles. The van der Waals surface area contributed by atoms with Crippen LogP contribution in [0.15, 0.2) is 36.5 Å². The Morgan fingerprint density at radius 3 is 2.89 bits per heavy atom. The summed E-state index contributed by atoms with van der Waals surface area (Å²) in [6.45, 7) is 6.26. The molecule has 2 aliphatic heterocycles. The van der Waals surface area contributed by atoms with Gasteiger partial charge in [-0.05, 0) is 30.2 Å². The number of anilines is 2. The van der Waals surface area contributed by atoms with E-state index in [4.69, 9.17) is 14.5 Å². The monoisotopic (exact) mass is 383 g/mol. The molecule has 0 saturated carbocycles. The van der Waals surface area contributed by atoms with Gasteiger partial charge in [0.05, 0.1) is 20.3 Å². The summed E-state index contributed by atoms with van der Waals surface area (Å²) in [6, 6.07) is 10.8. The van der Waals surface area contributed by atoms with Gasteiger partial charge in [0.1, 0.15) is 11.6 Å². The standard InChI is InChI=1S/C21H29N5O2/c1-24(20-6-8-22-21(23-20)26-10-12-28-13-11-26)18-7-9-25(16-18)15-17-4-3-5-19(14-17)27-2/h3-6,8,14,18H,7,9-13,15-16H2,1-2H3. The molecule has 0 N–H and O–H groups in total. The number of likely N-dealkylation sites (N-methyl/N-ethyl adjacent to an activating group) is 1. The second-order valence-corrected chi connectivity index (χ2v) is 7.45. The van der Waals surface area contributed by atoms with Crippen LogP contribution >= 0.6 is 0 Å². The maximum atomic E-state index is 5.43. The van der Waals surface area contributed by atoms with Crippen molar-refractivity contribution in [3.63, 3.8) is 0 Å². The smallest absolute Gasteiger partial charge is 0.227 e. The summed E-state index contributed by atoms with van der Waals surface area (Å²) in [5.74, 6) is 2.71. The summed E-state index contributed by atoms with van der Waals surface area (Å²) in [7, 11) is 3.86. The Balaban J connectivity index is 1.38. The van der Waals surface area contributed by atoms with Crippen LogP contribution in [0.25, 0.3) is 0 Å². The van der Waals surface area contributed by atoms with Gasteiger partial charge in [-0.15, -0.1) is 0 Å². The van der Waals surface area contributed by atoms with Gasteiger partial charge in [-0.2, -0.15) is 4.98 Å². The zero-order valence-electron chi connectivity index (χ0n) is 16.8. The van der Waals surface area contributed by atoms with E-state index < -0.39 is 0 Å². The van der Waals surface area contributed by atoms with E-state index in [0.29, 0.717) is 6.04 Å². The number of nitrogens with zero attached hydrogens (tertiary/aromatic N) is 5. The fraction of sp³-hybridized carbons (Fsp3) is 0.524. The maximum Gasteiger partial charge on any atom is 0.227 e. The number of aromatic nitrogens is 2. The minimum Gasteiger partial charge on any atom is -0.497 e. The van der Waals surface area contributed by atoms with Gasteiger partial charge >= 0.3 is 0 Å². The van der Waals surface area contributed by atoms with Crippen LogP contribution in [-0.2, 0) is 11.3 Å². The summed E-state index contributed by atoms with van der Waals surface area (Å²) >= 11 is 0. The third-order valence-electron chi connectivity index (χ3n) is 5.62. The van der Waals surface area contributed by atoms with Gasteiger partial charge in [-0.25, -0.2) is 4.98 Å². The number of benzene rings is 1. The summed E-state index contributed by atoms with van der Waals surface area (Å²) in [6.07, 6.45) is 3.00. The highest BCUT2D eigenvalue weighted by atomic mass is 16.5. The summed E-state index contributed by atoms with van der Waals surface area (Å²) in [5.41, 5.74) is 1.29. The van der Waals surface area contributed by atoms with Crippen LogP contribution in [0.4, 0.5) is 11.8 Å². The molecule has 1 atom stereocenters. The lowest BCUT2D eigenvalue weighted by Crippen LogP contribution is -2.38. The molecule has 2 aliphatic rings. The molecule has 7 heteroatoms. The first-order valence-corrected chi connectivity index (χ1v) is 9.97. The largest absolute Gasteiger partial charge is 0.497 e. The Morgan fingerprint density at radius 1 is 1.21 bits per heavy atom. The number of likely N-dealkylation sites (tertiary alicyclic amines) is 1. The van der Waals surface area contributed by atoms with Crippen LogP contribution < -0.4 is 14.5 Å². The van der Waals surface area contributed by atoms with Crippen molar-refractivity contribution >= 4 is 11.8 Å². The van der Waals surface area contributed by atoms with Gasteiger partial charge in [0, 0.05) is 52.0 Å². The Bertz CT molecular complexity index is 781. The van der Waals surface area contributed by atoms with Gasteiger partial charge in [0.2, 0.25) is 5.95 Å². The first-order valence-electron chi connectivity index (χ1n) is 9.97. The van der Waals surface area contributed by atoms with E-state index in [1.165, 1.54) is 5.56 Å². The first-order chi connectivity index (χ1) is 13.7. The number of ether oxygens (including phenoxy) is 2. The molecule has 1 aromatic carbocycles. The van der Waals surface area contributed by atoms with Crippen molar-refractivity contribution in [1.82, 2.24) is 14.9 Å². The van der Waals surface area contributed by atoms with Crippen molar-refractivity contribution in [2.75, 3.05) is 63.4 Å². The number of methoxy groups -OCH3 is 1. The second kappa shape index (κ2) is 8.75. The van der Waals surface area contributed by atoms with Gasteiger partial charge in [0.25, 0.3) is 0 Å². The van der Waals surface area contributed by atoms with Crippen LogP contribution in [0.1, 0.15) is 12.0 Å². The van der Waals surface area contributed by atoms with E-state index >= 15 is 0 Å². The molecule has 0 amide bonds. The average Bonchev–Trinajstić information content (AvgIpc) is 3.22. The maximum absolute atomic E-state index is 5.43. The quantitative estimate of drug-likeness (QED) is 0.756. The van der Waals surface area contributed by atoms with Crippen LogP contribution in [0.3, 0.4) is 0 Å². The highest BCUT2D eigenvalue weighted by molar-refractivity contribution is 5.44.